The second-order valence-corrected chi connectivity index (χ2v) is 6.08. The SMILES string of the molecule is CCNc1ncnc(NC(C)CCCC(C)C)c1Br. The van der Waals surface area contributed by atoms with Gasteiger partial charge < -0.3 is 10.6 Å². The van der Waals surface area contributed by atoms with Crippen molar-refractivity contribution >= 4 is 27.6 Å². The van der Waals surface area contributed by atoms with E-state index in [2.05, 4.69) is 64.2 Å². The van der Waals surface area contributed by atoms with Crippen LogP contribution in [0.5, 0.6) is 0 Å². The van der Waals surface area contributed by atoms with Crippen LogP contribution < -0.4 is 10.6 Å². The molecule has 1 rings (SSSR count). The van der Waals surface area contributed by atoms with Crippen LogP contribution in [0, 0.1) is 5.92 Å². The summed E-state index contributed by atoms with van der Waals surface area (Å²) in [6.07, 6.45) is 5.27. The molecule has 19 heavy (non-hydrogen) atoms. The number of hydrogen-bond acceptors (Lipinski definition) is 4. The maximum Gasteiger partial charge on any atom is 0.146 e. The molecular weight excluding hydrogens is 304 g/mol. The van der Waals surface area contributed by atoms with Gasteiger partial charge in [0.15, 0.2) is 0 Å². The van der Waals surface area contributed by atoms with Gasteiger partial charge >= 0.3 is 0 Å². The summed E-state index contributed by atoms with van der Waals surface area (Å²) in [5.74, 6) is 2.48. The van der Waals surface area contributed by atoms with Gasteiger partial charge in [0, 0.05) is 12.6 Å². The fourth-order valence-electron chi connectivity index (χ4n) is 1.90. The van der Waals surface area contributed by atoms with E-state index < -0.39 is 0 Å². The molecule has 0 fully saturated rings. The summed E-state index contributed by atoms with van der Waals surface area (Å²) >= 11 is 3.55. The van der Waals surface area contributed by atoms with Crippen molar-refractivity contribution in [1.29, 1.82) is 0 Å². The molecule has 1 heterocycles. The lowest BCUT2D eigenvalue weighted by atomic mass is 10.0. The monoisotopic (exact) mass is 328 g/mol. The van der Waals surface area contributed by atoms with Crippen molar-refractivity contribution in [2.24, 2.45) is 5.92 Å². The molecule has 1 aromatic rings. The Morgan fingerprint density at radius 1 is 1.16 bits per heavy atom. The van der Waals surface area contributed by atoms with Gasteiger partial charge in [-0.1, -0.05) is 26.7 Å². The molecule has 0 saturated carbocycles. The first kappa shape index (κ1) is 16.2. The van der Waals surface area contributed by atoms with Gasteiger partial charge in [0.2, 0.25) is 0 Å². The highest BCUT2D eigenvalue weighted by Gasteiger charge is 2.10. The molecule has 2 N–H and O–H groups in total. The Kier molecular flexibility index (Phi) is 7.13. The lowest BCUT2D eigenvalue weighted by molar-refractivity contribution is 0.520. The van der Waals surface area contributed by atoms with E-state index >= 15 is 0 Å². The molecule has 0 aliphatic heterocycles. The lowest BCUT2D eigenvalue weighted by Crippen LogP contribution is -2.17. The normalized spacial score (nSPS) is 12.5. The Hall–Kier alpha value is -0.840. The predicted molar refractivity (Wildman–Crippen MR) is 85.7 cm³/mol. The van der Waals surface area contributed by atoms with Gasteiger partial charge in [-0.15, -0.1) is 0 Å². The van der Waals surface area contributed by atoms with E-state index in [1.165, 1.54) is 12.8 Å². The predicted octanol–water partition coefficient (Wildman–Crippen LogP) is 4.30. The van der Waals surface area contributed by atoms with Crippen molar-refractivity contribution in [3.63, 3.8) is 0 Å². The minimum atomic E-state index is 0.416. The zero-order valence-electron chi connectivity index (χ0n) is 12.3. The van der Waals surface area contributed by atoms with Gasteiger partial charge in [-0.25, -0.2) is 9.97 Å². The van der Waals surface area contributed by atoms with Crippen LogP contribution in [0.4, 0.5) is 11.6 Å². The molecule has 108 valence electrons. The highest BCUT2D eigenvalue weighted by Crippen LogP contribution is 2.27. The van der Waals surface area contributed by atoms with Crippen molar-refractivity contribution in [2.45, 2.75) is 53.0 Å². The molecule has 0 aliphatic rings. The third-order valence-corrected chi connectivity index (χ3v) is 3.69. The lowest BCUT2D eigenvalue weighted by Gasteiger charge is -2.17. The maximum atomic E-state index is 4.30. The van der Waals surface area contributed by atoms with Gasteiger partial charge in [0.1, 0.15) is 22.4 Å². The van der Waals surface area contributed by atoms with Crippen LogP contribution in [0.2, 0.25) is 0 Å². The molecule has 0 spiro atoms. The molecule has 0 aliphatic carbocycles. The quantitative estimate of drug-likeness (QED) is 0.747. The van der Waals surface area contributed by atoms with E-state index in [4.69, 9.17) is 0 Å². The minimum absolute atomic E-state index is 0.416. The largest absolute Gasteiger partial charge is 0.369 e. The van der Waals surface area contributed by atoms with Gasteiger partial charge in [-0.3, -0.25) is 0 Å². The first-order valence-electron chi connectivity index (χ1n) is 7.05. The van der Waals surface area contributed by atoms with E-state index in [9.17, 15) is 0 Å². The highest BCUT2D eigenvalue weighted by atomic mass is 79.9. The number of anilines is 2. The molecule has 1 unspecified atom stereocenters. The van der Waals surface area contributed by atoms with Crippen LogP contribution in [-0.2, 0) is 0 Å². The summed E-state index contributed by atoms with van der Waals surface area (Å²) in [6.45, 7) is 9.63. The number of hydrogen-bond donors (Lipinski definition) is 2. The van der Waals surface area contributed by atoms with E-state index in [0.717, 1.165) is 35.0 Å². The fourth-order valence-corrected chi connectivity index (χ4v) is 2.36. The van der Waals surface area contributed by atoms with Crippen LogP contribution in [0.25, 0.3) is 0 Å². The number of halogens is 1. The van der Waals surface area contributed by atoms with Crippen molar-refractivity contribution < 1.29 is 0 Å². The third-order valence-electron chi connectivity index (χ3n) is 2.94. The fraction of sp³-hybridized carbons (Fsp3) is 0.714. The smallest absolute Gasteiger partial charge is 0.146 e. The van der Waals surface area contributed by atoms with Crippen LogP contribution in [-0.4, -0.2) is 22.6 Å². The molecule has 0 aromatic carbocycles. The van der Waals surface area contributed by atoms with Crippen LogP contribution in [0.1, 0.15) is 47.0 Å². The average Bonchev–Trinajstić information content (AvgIpc) is 2.34. The van der Waals surface area contributed by atoms with Gasteiger partial charge in [0.05, 0.1) is 0 Å². The molecule has 0 bridgehead atoms. The summed E-state index contributed by atoms with van der Waals surface area (Å²) in [4.78, 5) is 8.51. The van der Waals surface area contributed by atoms with Crippen molar-refractivity contribution in [2.75, 3.05) is 17.2 Å². The minimum Gasteiger partial charge on any atom is -0.369 e. The molecule has 0 saturated heterocycles. The summed E-state index contributed by atoms with van der Waals surface area (Å²) in [5, 5.41) is 6.65. The van der Waals surface area contributed by atoms with Gasteiger partial charge in [-0.05, 0) is 42.1 Å². The second-order valence-electron chi connectivity index (χ2n) is 5.29. The van der Waals surface area contributed by atoms with Crippen LogP contribution in [0.3, 0.4) is 0 Å². The van der Waals surface area contributed by atoms with Gasteiger partial charge in [0.25, 0.3) is 0 Å². The molecule has 4 nitrogen and oxygen atoms in total. The third kappa shape index (κ3) is 5.76. The summed E-state index contributed by atoms with van der Waals surface area (Å²) in [5.41, 5.74) is 0. The first-order valence-corrected chi connectivity index (χ1v) is 7.84. The Labute approximate surface area is 124 Å². The van der Waals surface area contributed by atoms with E-state index in [0.29, 0.717) is 6.04 Å². The zero-order valence-corrected chi connectivity index (χ0v) is 13.9. The molecule has 5 heteroatoms. The number of nitrogens with zero attached hydrogens (tertiary/aromatic N) is 2. The molecule has 0 radical (unpaired) electrons. The molecule has 0 amide bonds. The number of aromatic nitrogens is 2. The Morgan fingerprint density at radius 2 is 1.84 bits per heavy atom. The second kappa shape index (κ2) is 8.35. The molecule has 1 aromatic heterocycles. The van der Waals surface area contributed by atoms with Crippen molar-refractivity contribution in [1.82, 2.24) is 9.97 Å². The summed E-state index contributed by atoms with van der Waals surface area (Å²) < 4.78 is 0.910. The number of rotatable bonds is 8. The average molecular weight is 329 g/mol. The Morgan fingerprint density at radius 3 is 2.47 bits per heavy atom. The highest BCUT2D eigenvalue weighted by molar-refractivity contribution is 9.10. The zero-order chi connectivity index (χ0) is 14.3. The van der Waals surface area contributed by atoms with Gasteiger partial charge in [-0.2, -0.15) is 0 Å². The Balaban J connectivity index is 2.54. The van der Waals surface area contributed by atoms with Crippen molar-refractivity contribution in [3.8, 4) is 0 Å². The van der Waals surface area contributed by atoms with E-state index in [1.807, 2.05) is 0 Å². The first-order chi connectivity index (χ1) is 9.04. The molecular formula is C14H25BrN4. The van der Waals surface area contributed by atoms with E-state index in [1.54, 1.807) is 6.33 Å². The van der Waals surface area contributed by atoms with Crippen LogP contribution in [0.15, 0.2) is 10.8 Å². The molecule has 1 atom stereocenters. The Bertz CT molecular complexity index is 382. The topological polar surface area (TPSA) is 49.8 Å². The summed E-state index contributed by atoms with van der Waals surface area (Å²) in [7, 11) is 0. The van der Waals surface area contributed by atoms with Crippen LogP contribution >= 0.6 is 15.9 Å². The number of nitrogens with one attached hydrogen (secondary N) is 2. The summed E-state index contributed by atoms with van der Waals surface area (Å²) in [6, 6.07) is 0.416. The maximum absolute atomic E-state index is 4.30. The van der Waals surface area contributed by atoms with E-state index in [-0.39, 0.29) is 0 Å². The standard InChI is InChI=1S/C14H25BrN4/c1-5-16-13-12(15)14(18-9-17-13)19-11(4)8-6-7-10(2)3/h9-11H,5-8H2,1-4H3,(H2,16,17,18,19). The van der Waals surface area contributed by atoms with Crippen molar-refractivity contribution in [3.05, 3.63) is 10.8 Å².